The predicted octanol–water partition coefficient (Wildman–Crippen LogP) is 4.42. The van der Waals surface area contributed by atoms with Crippen LogP contribution in [0, 0.1) is 13.8 Å². The number of aromatic hydroxyl groups is 2. The van der Waals surface area contributed by atoms with Crippen LogP contribution in [-0.2, 0) is 0 Å². The molecule has 0 aliphatic rings. The van der Waals surface area contributed by atoms with E-state index < -0.39 is 11.7 Å². The van der Waals surface area contributed by atoms with Crippen molar-refractivity contribution in [2.24, 2.45) is 0 Å². The fraction of sp³-hybridized carbons (Fsp3) is 0.385. The summed E-state index contributed by atoms with van der Waals surface area (Å²) in [6, 6.07) is 7.36. The highest BCUT2D eigenvalue weighted by atomic mass is 16.5. The van der Waals surface area contributed by atoms with Crippen molar-refractivity contribution >= 4 is 22.6 Å². The molecule has 0 atom stereocenters. The Morgan fingerprint density at radius 1 is 1.06 bits per heavy atom. The van der Waals surface area contributed by atoms with E-state index in [4.69, 9.17) is 24.8 Å². The molecule has 0 spiro atoms. The van der Waals surface area contributed by atoms with Gasteiger partial charge in [-0.25, -0.2) is 9.78 Å². The van der Waals surface area contributed by atoms with Gasteiger partial charge in [-0.05, 0) is 50.7 Å². The second kappa shape index (κ2) is 12.7. The molecule has 1 aromatic heterocycles. The summed E-state index contributed by atoms with van der Waals surface area (Å²) in [5.74, 6) is -0.217. The molecule has 0 bridgehead atoms. The first-order chi connectivity index (χ1) is 16.7. The van der Waals surface area contributed by atoms with Gasteiger partial charge in [-0.1, -0.05) is 13.8 Å². The smallest absolute Gasteiger partial charge is 0.339 e. The number of ether oxygens (including phenoxy) is 2. The number of likely N-dealkylation sites (N-methyl/N-ethyl adjacent to an activating group) is 1. The Morgan fingerprint density at radius 3 is 2.29 bits per heavy atom. The summed E-state index contributed by atoms with van der Waals surface area (Å²) >= 11 is 0. The van der Waals surface area contributed by atoms with Crippen LogP contribution in [0.1, 0.15) is 35.5 Å². The number of hydrogen-bond donors (Lipinski definition) is 4. The minimum atomic E-state index is -1.22. The van der Waals surface area contributed by atoms with E-state index in [0.29, 0.717) is 0 Å². The predicted molar refractivity (Wildman–Crippen MR) is 137 cm³/mol. The van der Waals surface area contributed by atoms with Crippen molar-refractivity contribution < 1.29 is 29.6 Å². The second-order valence-electron chi connectivity index (χ2n) is 7.92. The standard InChI is InChI=1S/C19H29N3O2.C7H6O4/c1-7-22(8-2)10-9-20-15-12-16(23-5)18-17(19(15)24-6)13(3)11-14(4)21-18;8-4-1-2-5(7(10)11)6(9)3-4/h11-12,20H,7-10H2,1-6H3;1-3,8-9H,(H,10,11). The van der Waals surface area contributed by atoms with Gasteiger partial charge in [0, 0.05) is 30.9 Å². The largest absolute Gasteiger partial charge is 0.508 e. The fourth-order valence-electron chi connectivity index (χ4n) is 3.79. The number of phenols is 2. The summed E-state index contributed by atoms with van der Waals surface area (Å²) in [6.07, 6.45) is 0. The van der Waals surface area contributed by atoms with Gasteiger partial charge < -0.3 is 35.0 Å². The van der Waals surface area contributed by atoms with E-state index in [1.807, 2.05) is 13.0 Å². The number of anilines is 1. The number of aromatic nitrogens is 1. The zero-order valence-electron chi connectivity index (χ0n) is 21.2. The number of pyridine rings is 1. The SMILES string of the molecule is CCN(CC)CCNc1cc(OC)c2nc(C)cc(C)c2c1OC.O=C(O)c1ccc(O)cc1O. The molecule has 1 heterocycles. The molecular weight excluding hydrogens is 450 g/mol. The third-order valence-corrected chi connectivity index (χ3v) is 5.60. The van der Waals surface area contributed by atoms with Crippen molar-refractivity contribution in [3.63, 3.8) is 0 Å². The van der Waals surface area contributed by atoms with Gasteiger partial charge in [-0.15, -0.1) is 0 Å². The van der Waals surface area contributed by atoms with Crippen molar-refractivity contribution in [2.45, 2.75) is 27.7 Å². The maximum Gasteiger partial charge on any atom is 0.339 e. The Bertz CT molecular complexity index is 1160. The van der Waals surface area contributed by atoms with Crippen LogP contribution in [0.3, 0.4) is 0 Å². The van der Waals surface area contributed by atoms with Crippen molar-refractivity contribution in [1.29, 1.82) is 0 Å². The van der Waals surface area contributed by atoms with Crippen LogP contribution in [0.25, 0.3) is 10.9 Å². The molecule has 0 amide bonds. The second-order valence-corrected chi connectivity index (χ2v) is 7.92. The number of carbonyl (C=O) groups is 1. The average Bonchev–Trinajstić information content (AvgIpc) is 2.81. The van der Waals surface area contributed by atoms with E-state index in [9.17, 15) is 4.79 Å². The molecule has 0 unspecified atom stereocenters. The monoisotopic (exact) mass is 485 g/mol. The molecular formula is C26H35N3O6. The number of nitrogens with one attached hydrogen (secondary N) is 1. The number of phenolic OH excluding ortho intramolecular Hbond substituents is 1. The Hall–Kier alpha value is -3.72. The molecule has 2 aromatic carbocycles. The number of rotatable bonds is 9. The molecule has 35 heavy (non-hydrogen) atoms. The molecule has 3 aromatic rings. The van der Waals surface area contributed by atoms with E-state index in [1.54, 1.807) is 14.2 Å². The molecule has 9 heteroatoms. The quantitative estimate of drug-likeness (QED) is 0.349. The van der Waals surface area contributed by atoms with Gasteiger partial charge in [-0.3, -0.25) is 0 Å². The van der Waals surface area contributed by atoms with Crippen molar-refractivity contribution in [3.05, 3.63) is 47.2 Å². The normalized spacial score (nSPS) is 10.6. The highest BCUT2D eigenvalue weighted by molar-refractivity contribution is 5.98. The minimum absolute atomic E-state index is 0.160. The molecule has 190 valence electrons. The molecule has 0 fully saturated rings. The molecule has 0 saturated carbocycles. The first-order valence-corrected chi connectivity index (χ1v) is 11.4. The highest BCUT2D eigenvalue weighted by Crippen LogP contribution is 2.40. The Labute approximate surface area is 205 Å². The number of aromatic carboxylic acids is 1. The fourth-order valence-corrected chi connectivity index (χ4v) is 3.79. The number of aryl methyl sites for hydroxylation is 2. The van der Waals surface area contributed by atoms with Gasteiger partial charge in [0.2, 0.25) is 0 Å². The zero-order valence-corrected chi connectivity index (χ0v) is 21.2. The minimum Gasteiger partial charge on any atom is -0.508 e. The summed E-state index contributed by atoms with van der Waals surface area (Å²) in [7, 11) is 3.39. The maximum atomic E-state index is 10.3. The van der Waals surface area contributed by atoms with Crippen molar-refractivity contribution in [3.8, 4) is 23.0 Å². The van der Waals surface area contributed by atoms with E-state index in [2.05, 4.69) is 42.0 Å². The highest BCUT2D eigenvalue weighted by Gasteiger charge is 2.17. The molecule has 4 N–H and O–H groups in total. The van der Waals surface area contributed by atoms with Gasteiger partial charge in [0.25, 0.3) is 0 Å². The Balaban J connectivity index is 0.000000328. The zero-order chi connectivity index (χ0) is 26.1. The van der Waals surface area contributed by atoms with Crippen molar-refractivity contribution in [1.82, 2.24) is 9.88 Å². The van der Waals surface area contributed by atoms with Crippen LogP contribution < -0.4 is 14.8 Å². The van der Waals surface area contributed by atoms with Crippen molar-refractivity contribution in [2.75, 3.05) is 45.7 Å². The van der Waals surface area contributed by atoms with E-state index in [1.165, 1.54) is 6.07 Å². The lowest BCUT2D eigenvalue weighted by Crippen LogP contribution is -2.28. The summed E-state index contributed by atoms with van der Waals surface area (Å²) in [5, 5.41) is 30.6. The van der Waals surface area contributed by atoms with Gasteiger partial charge in [0.1, 0.15) is 28.3 Å². The number of hydrogen-bond acceptors (Lipinski definition) is 8. The number of nitrogens with zero attached hydrogens (tertiary/aromatic N) is 2. The van der Waals surface area contributed by atoms with Crippen LogP contribution in [0.2, 0.25) is 0 Å². The Morgan fingerprint density at radius 2 is 1.74 bits per heavy atom. The molecule has 0 saturated heterocycles. The molecule has 3 rings (SSSR count). The van der Waals surface area contributed by atoms with Gasteiger partial charge in [-0.2, -0.15) is 0 Å². The number of methoxy groups -OCH3 is 2. The summed E-state index contributed by atoms with van der Waals surface area (Å²) in [4.78, 5) is 17.3. The lowest BCUT2D eigenvalue weighted by atomic mass is 10.1. The van der Waals surface area contributed by atoms with Crippen LogP contribution in [0.4, 0.5) is 5.69 Å². The third kappa shape index (κ3) is 6.89. The maximum absolute atomic E-state index is 10.3. The molecule has 0 radical (unpaired) electrons. The van der Waals surface area contributed by atoms with Crippen LogP contribution in [0.15, 0.2) is 30.3 Å². The number of carboxylic acids is 1. The summed E-state index contributed by atoms with van der Waals surface area (Å²) in [6.45, 7) is 12.4. The first-order valence-electron chi connectivity index (χ1n) is 11.4. The van der Waals surface area contributed by atoms with E-state index >= 15 is 0 Å². The van der Waals surface area contributed by atoms with Gasteiger partial charge in [0.05, 0.1) is 25.3 Å². The average molecular weight is 486 g/mol. The first kappa shape index (κ1) is 27.5. The lowest BCUT2D eigenvalue weighted by molar-refractivity contribution is 0.0693. The molecule has 0 aliphatic heterocycles. The summed E-state index contributed by atoms with van der Waals surface area (Å²) in [5.41, 5.74) is 3.69. The lowest BCUT2D eigenvalue weighted by Gasteiger charge is -2.21. The topological polar surface area (TPSA) is 124 Å². The Kier molecular flexibility index (Phi) is 9.96. The van der Waals surface area contributed by atoms with E-state index in [0.717, 1.165) is 77.7 Å². The van der Waals surface area contributed by atoms with E-state index in [-0.39, 0.29) is 11.3 Å². The van der Waals surface area contributed by atoms with Crippen LogP contribution >= 0.6 is 0 Å². The van der Waals surface area contributed by atoms with Crippen LogP contribution in [0.5, 0.6) is 23.0 Å². The number of fused-ring (bicyclic) bond motifs is 1. The van der Waals surface area contributed by atoms with Crippen LogP contribution in [-0.4, -0.2) is 71.6 Å². The molecule has 0 aliphatic carbocycles. The third-order valence-electron chi connectivity index (χ3n) is 5.60. The van der Waals surface area contributed by atoms with Gasteiger partial charge in [0.15, 0.2) is 5.75 Å². The molecule has 9 nitrogen and oxygen atoms in total. The number of carboxylic acid groups (broad SMARTS) is 1. The van der Waals surface area contributed by atoms with Gasteiger partial charge >= 0.3 is 5.97 Å². The number of benzene rings is 2. The summed E-state index contributed by atoms with van der Waals surface area (Å²) < 4.78 is 11.3.